The molecule has 108 valence electrons. The summed E-state index contributed by atoms with van der Waals surface area (Å²) in [5.74, 6) is -1.02. The van der Waals surface area contributed by atoms with E-state index in [1.54, 1.807) is 0 Å². The van der Waals surface area contributed by atoms with E-state index >= 15 is 0 Å². The molecule has 2 unspecified atom stereocenters. The molecule has 2 atom stereocenters. The highest BCUT2D eigenvalue weighted by molar-refractivity contribution is 5.80. The zero-order chi connectivity index (χ0) is 14.4. The van der Waals surface area contributed by atoms with Gasteiger partial charge in [0.2, 0.25) is 0 Å². The highest BCUT2D eigenvalue weighted by Crippen LogP contribution is 2.15. The van der Waals surface area contributed by atoms with Crippen LogP contribution >= 0.6 is 0 Å². The van der Waals surface area contributed by atoms with Crippen molar-refractivity contribution in [3.63, 3.8) is 0 Å². The van der Waals surface area contributed by atoms with Gasteiger partial charge in [0.15, 0.2) is 0 Å². The molecule has 1 aliphatic heterocycles. The highest BCUT2D eigenvalue weighted by Gasteiger charge is 2.25. The average Bonchev–Trinajstić information content (AvgIpc) is 2.33. The van der Waals surface area contributed by atoms with Crippen LogP contribution in [0.3, 0.4) is 0 Å². The van der Waals surface area contributed by atoms with E-state index in [-0.39, 0.29) is 25.2 Å². The molecule has 2 N–H and O–H groups in total. The molecule has 1 fully saturated rings. The second-order valence-electron chi connectivity index (χ2n) is 5.06. The summed E-state index contributed by atoms with van der Waals surface area (Å²) in [6.07, 6.45) is 3.30. The minimum Gasteiger partial charge on any atom is -0.480 e. The molecule has 0 spiro atoms. The molecular formula is C13H23N3O3. The Morgan fingerprint density at radius 1 is 1.58 bits per heavy atom. The smallest absolute Gasteiger partial charge is 0.323 e. The first-order chi connectivity index (χ1) is 8.93. The Hall–Kier alpha value is -1.56. The van der Waals surface area contributed by atoms with Gasteiger partial charge in [-0.05, 0) is 26.8 Å². The summed E-state index contributed by atoms with van der Waals surface area (Å²) in [6.45, 7) is 6.53. The number of aliphatic carboxylic acids is 1. The zero-order valence-corrected chi connectivity index (χ0v) is 11.6. The Balaban J connectivity index is 2.51. The Bertz CT molecular complexity index is 346. The average molecular weight is 269 g/mol. The van der Waals surface area contributed by atoms with Gasteiger partial charge in [-0.3, -0.25) is 4.79 Å². The van der Waals surface area contributed by atoms with Crippen molar-refractivity contribution in [1.82, 2.24) is 15.1 Å². The first-order valence-electron chi connectivity index (χ1n) is 6.52. The van der Waals surface area contributed by atoms with Crippen LogP contribution in [0.25, 0.3) is 0 Å². The van der Waals surface area contributed by atoms with Crippen molar-refractivity contribution in [3.8, 4) is 0 Å². The van der Waals surface area contributed by atoms with Crippen LogP contribution in [0.4, 0.5) is 4.79 Å². The largest absolute Gasteiger partial charge is 0.480 e. The number of piperidine rings is 1. The Labute approximate surface area is 114 Å². The van der Waals surface area contributed by atoms with Gasteiger partial charge in [0.05, 0.1) is 0 Å². The molecule has 0 aromatic rings. The van der Waals surface area contributed by atoms with E-state index < -0.39 is 5.97 Å². The van der Waals surface area contributed by atoms with Gasteiger partial charge in [0.1, 0.15) is 6.54 Å². The predicted octanol–water partition coefficient (Wildman–Crippen LogP) is 0.751. The number of carbonyl (C=O) groups excluding carboxylic acids is 1. The van der Waals surface area contributed by atoms with Crippen molar-refractivity contribution in [2.45, 2.75) is 31.8 Å². The van der Waals surface area contributed by atoms with Gasteiger partial charge in [-0.25, -0.2) is 4.79 Å². The number of carbonyl (C=O) groups is 2. The molecule has 1 rings (SSSR count). The standard InChI is InChI=1S/C13H23N3O3/c1-4-6-16(9-12(17)18)13(19)14-11-5-7-15(3)10(2)8-11/h4,10-11H,1,5-9H2,2-3H3,(H,14,19)(H,17,18). The maximum atomic E-state index is 12.0. The van der Waals surface area contributed by atoms with Crippen molar-refractivity contribution in [1.29, 1.82) is 0 Å². The summed E-state index contributed by atoms with van der Waals surface area (Å²) >= 11 is 0. The summed E-state index contributed by atoms with van der Waals surface area (Å²) in [5, 5.41) is 11.7. The minimum absolute atomic E-state index is 0.111. The SMILES string of the molecule is C=CCN(CC(=O)O)C(=O)NC1CCN(C)C(C)C1. The quantitative estimate of drug-likeness (QED) is 0.722. The minimum atomic E-state index is -1.02. The van der Waals surface area contributed by atoms with Gasteiger partial charge in [-0.2, -0.15) is 0 Å². The van der Waals surface area contributed by atoms with Crippen LogP contribution in [0.15, 0.2) is 12.7 Å². The van der Waals surface area contributed by atoms with Gasteiger partial charge in [-0.1, -0.05) is 6.08 Å². The molecule has 1 heterocycles. The highest BCUT2D eigenvalue weighted by atomic mass is 16.4. The third kappa shape index (κ3) is 4.90. The molecule has 6 heteroatoms. The zero-order valence-electron chi connectivity index (χ0n) is 11.6. The van der Waals surface area contributed by atoms with Crippen molar-refractivity contribution in [3.05, 3.63) is 12.7 Å². The summed E-state index contributed by atoms with van der Waals surface area (Å²) in [4.78, 5) is 26.2. The van der Waals surface area contributed by atoms with Crippen molar-refractivity contribution in [2.75, 3.05) is 26.7 Å². The lowest BCUT2D eigenvalue weighted by atomic mass is 9.99. The monoisotopic (exact) mass is 269 g/mol. The number of hydrogen-bond acceptors (Lipinski definition) is 3. The Morgan fingerprint density at radius 2 is 2.26 bits per heavy atom. The maximum absolute atomic E-state index is 12.0. The van der Waals surface area contributed by atoms with Crippen LogP contribution in [-0.4, -0.2) is 65.7 Å². The topological polar surface area (TPSA) is 72.9 Å². The predicted molar refractivity (Wildman–Crippen MR) is 73.1 cm³/mol. The van der Waals surface area contributed by atoms with Crippen LogP contribution < -0.4 is 5.32 Å². The molecule has 2 amide bonds. The van der Waals surface area contributed by atoms with E-state index in [4.69, 9.17) is 5.11 Å². The summed E-state index contributed by atoms with van der Waals surface area (Å²) in [6, 6.07) is 0.204. The molecule has 0 aromatic carbocycles. The van der Waals surface area contributed by atoms with E-state index in [0.29, 0.717) is 6.04 Å². The van der Waals surface area contributed by atoms with Crippen LogP contribution in [0.1, 0.15) is 19.8 Å². The van der Waals surface area contributed by atoms with Crippen molar-refractivity contribution >= 4 is 12.0 Å². The number of amides is 2. The van der Waals surface area contributed by atoms with Gasteiger partial charge in [0, 0.05) is 25.2 Å². The fourth-order valence-corrected chi connectivity index (χ4v) is 2.22. The number of hydrogen-bond donors (Lipinski definition) is 2. The molecule has 0 radical (unpaired) electrons. The third-order valence-corrected chi connectivity index (χ3v) is 3.50. The van der Waals surface area contributed by atoms with E-state index in [1.165, 1.54) is 11.0 Å². The third-order valence-electron chi connectivity index (χ3n) is 3.50. The molecule has 1 saturated heterocycles. The molecule has 0 aromatic heterocycles. The Morgan fingerprint density at radius 3 is 2.79 bits per heavy atom. The number of carboxylic acid groups (broad SMARTS) is 1. The summed E-state index contributed by atoms with van der Waals surface area (Å²) in [7, 11) is 2.07. The lowest BCUT2D eigenvalue weighted by Gasteiger charge is -2.36. The normalized spacial score (nSPS) is 23.7. The number of nitrogens with zero attached hydrogens (tertiary/aromatic N) is 2. The number of nitrogens with one attached hydrogen (secondary N) is 1. The van der Waals surface area contributed by atoms with E-state index in [0.717, 1.165) is 19.4 Å². The summed E-state index contributed by atoms with van der Waals surface area (Å²) in [5.41, 5.74) is 0. The molecule has 1 aliphatic rings. The van der Waals surface area contributed by atoms with Gasteiger partial charge < -0.3 is 20.2 Å². The second-order valence-corrected chi connectivity index (χ2v) is 5.06. The second kappa shape index (κ2) is 7.13. The molecule has 0 aliphatic carbocycles. The van der Waals surface area contributed by atoms with E-state index in [9.17, 15) is 9.59 Å². The first-order valence-corrected chi connectivity index (χ1v) is 6.52. The lowest BCUT2D eigenvalue weighted by molar-refractivity contribution is -0.137. The van der Waals surface area contributed by atoms with Crippen LogP contribution in [0.5, 0.6) is 0 Å². The van der Waals surface area contributed by atoms with Gasteiger partial charge in [0.25, 0.3) is 0 Å². The molecular weight excluding hydrogens is 246 g/mol. The fraction of sp³-hybridized carbons (Fsp3) is 0.692. The van der Waals surface area contributed by atoms with Crippen molar-refractivity contribution < 1.29 is 14.7 Å². The fourth-order valence-electron chi connectivity index (χ4n) is 2.22. The van der Waals surface area contributed by atoms with Crippen LogP contribution in [-0.2, 0) is 4.79 Å². The number of urea groups is 1. The lowest BCUT2D eigenvalue weighted by Crippen LogP contribution is -2.51. The van der Waals surface area contributed by atoms with Crippen molar-refractivity contribution in [2.24, 2.45) is 0 Å². The van der Waals surface area contributed by atoms with Gasteiger partial charge in [-0.15, -0.1) is 6.58 Å². The maximum Gasteiger partial charge on any atom is 0.323 e. The van der Waals surface area contributed by atoms with E-state index in [2.05, 4.69) is 30.8 Å². The molecule has 0 bridgehead atoms. The first kappa shape index (κ1) is 15.5. The van der Waals surface area contributed by atoms with E-state index in [1.807, 2.05) is 0 Å². The number of carboxylic acids is 1. The molecule has 6 nitrogen and oxygen atoms in total. The number of rotatable bonds is 5. The molecule has 19 heavy (non-hydrogen) atoms. The van der Waals surface area contributed by atoms with Crippen LogP contribution in [0, 0.1) is 0 Å². The van der Waals surface area contributed by atoms with Gasteiger partial charge >= 0.3 is 12.0 Å². The summed E-state index contributed by atoms with van der Waals surface area (Å²) < 4.78 is 0. The van der Waals surface area contributed by atoms with Crippen LogP contribution in [0.2, 0.25) is 0 Å². The molecule has 0 saturated carbocycles. The number of likely N-dealkylation sites (tertiary alicyclic amines) is 1. The Kier molecular flexibility index (Phi) is 5.82.